The molecule has 1 aliphatic rings. The van der Waals surface area contributed by atoms with Gasteiger partial charge in [-0.25, -0.2) is 4.99 Å². The first-order valence-electron chi connectivity index (χ1n) is 6.07. The summed E-state index contributed by atoms with van der Waals surface area (Å²) in [5, 5.41) is 3.08. The van der Waals surface area contributed by atoms with Gasteiger partial charge in [0.2, 0.25) is 0 Å². The molecule has 106 valence electrons. The van der Waals surface area contributed by atoms with Crippen molar-refractivity contribution >= 4 is 35.8 Å². The quantitative estimate of drug-likeness (QED) is 0.407. The summed E-state index contributed by atoms with van der Waals surface area (Å²) in [5.74, 6) is 1.25. The second kappa shape index (κ2) is 7.37. The Morgan fingerprint density at radius 1 is 1.42 bits per heavy atom. The number of halogens is 1. The minimum atomic E-state index is -0.582. The number of aliphatic imine (C=N–C) groups is 1. The number of furan rings is 1. The number of hydrogen-bond donors (Lipinski definition) is 3. The summed E-state index contributed by atoms with van der Waals surface area (Å²) in [6.45, 7) is 1.18. The van der Waals surface area contributed by atoms with Gasteiger partial charge in [0.25, 0.3) is 5.91 Å². The van der Waals surface area contributed by atoms with Crippen LogP contribution in [0.4, 0.5) is 0 Å². The lowest BCUT2D eigenvalue weighted by molar-refractivity contribution is 0.0972. The molecule has 0 aromatic carbocycles. The number of nitrogens with two attached hydrogens (primary N) is 2. The van der Waals surface area contributed by atoms with Gasteiger partial charge < -0.3 is 21.2 Å². The van der Waals surface area contributed by atoms with E-state index < -0.39 is 5.91 Å². The molecule has 1 heterocycles. The summed E-state index contributed by atoms with van der Waals surface area (Å²) in [6.07, 6.45) is 3.84. The van der Waals surface area contributed by atoms with Crippen LogP contribution >= 0.6 is 24.0 Å². The molecule has 5 N–H and O–H groups in total. The van der Waals surface area contributed by atoms with E-state index >= 15 is 0 Å². The Morgan fingerprint density at radius 2 is 2.16 bits per heavy atom. The summed E-state index contributed by atoms with van der Waals surface area (Å²) in [7, 11) is 0. The Balaban J connectivity index is 0.00000180. The molecular formula is C12H19IN4O2. The summed E-state index contributed by atoms with van der Waals surface area (Å²) in [5.41, 5.74) is 10.8. The van der Waals surface area contributed by atoms with E-state index in [9.17, 15) is 4.79 Å². The van der Waals surface area contributed by atoms with Crippen LogP contribution in [0.1, 0.15) is 35.6 Å². The third-order valence-corrected chi connectivity index (χ3v) is 3.11. The molecule has 0 unspecified atom stereocenters. The Kier molecular flexibility index (Phi) is 6.13. The Morgan fingerprint density at radius 3 is 2.68 bits per heavy atom. The molecule has 0 radical (unpaired) electrons. The van der Waals surface area contributed by atoms with E-state index in [2.05, 4.69) is 10.3 Å². The number of carbonyl (C=O) groups excluding carboxylic acids is 1. The van der Waals surface area contributed by atoms with Crippen molar-refractivity contribution in [3.63, 3.8) is 0 Å². The Hall–Kier alpha value is -1.25. The van der Waals surface area contributed by atoms with Gasteiger partial charge in [-0.1, -0.05) is 6.42 Å². The Bertz CT molecular complexity index is 454. The van der Waals surface area contributed by atoms with Gasteiger partial charge in [0.05, 0.1) is 0 Å². The third-order valence-electron chi connectivity index (χ3n) is 3.11. The highest BCUT2D eigenvalue weighted by atomic mass is 127. The van der Waals surface area contributed by atoms with Crippen LogP contribution in [-0.2, 0) is 6.54 Å². The van der Waals surface area contributed by atoms with Gasteiger partial charge >= 0.3 is 0 Å². The maximum atomic E-state index is 10.8. The number of nitrogens with zero attached hydrogens (tertiary/aromatic N) is 1. The molecule has 1 fully saturated rings. The zero-order valence-corrected chi connectivity index (χ0v) is 12.9. The van der Waals surface area contributed by atoms with Crippen LogP contribution in [0.2, 0.25) is 0 Å². The molecule has 6 nitrogen and oxygen atoms in total. The third kappa shape index (κ3) is 4.73. The minimum Gasteiger partial charge on any atom is -0.454 e. The largest absolute Gasteiger partial charge is 0.454 e. The standard InChI is InChI=1S/C12H18N4O2.HI/c13-11(17)10-5-4-9(18-10)7-16-12(14)15-6-8-2-1-3-8;/h4-5,8H,1-3,6-7H2,(H2,13,17)(H3,14,15,16);1H. The summed E-state index contributed by atoms with van der Waals surface area (Å²) in [4.78, 5) is 15.0. The van der Waals surface area contributed by atoms with Crippen LogP contribution in [0.5, 0.6) is 0 Å². The SMILES string of the molecule is I.NC(=O)c1ccc(CN=C(N)NCC2CCC2)o1. The number of carbonyl (C=O) groups is 1. The van der Waals surface area contributed by atoms with Crippen LogP contribution in [0.3, 0.4) is 0 Å². The van der Waals surface area contributed by atoms with E-state index in [0.29, 0.717) is 18.3 Å². The molecule has 0 aliphatic heterocycles. The summed E-state index contributed by atoms with van der Waals surface area (Å²) < 4.78 is 5.19. The van der Waals surface area contributed by atoms with Crippen molar-refractivity contribution in [2.45, 2.75) is 25.8 Å². The molecule has 0 saturated heterocycles. The number of primary amides is 1. The summed E-state index contributed by atoms with van der Waals surface area (Å²) in [6, 6.07) is 3.20. The first-order chi connectivity index (χ1) is 8.65. The fourth-order valence-corrected chi connectivity index (χ4v) is 1.76. The van der Waals surface area contributed by atoms with Crippen molar-refractivity contribution in [1.82, 2.24) is 5.32 Å². The molecule has 0 spiro atoms. The van der Waals surface area contributed by atoms with Gasteiger partial charge in [-0.05, 0) is 30.9 Å². The highest BCUT2D eigenvalue weighted by molar-refractivity contribution is 14.0. The highest BCUT2D eigenvalue weighted by Crippen LogP contribution is 2.24. The average molecular weight is 378 g/mol. The molecule has 1 aromatic heterocycles. The molecule has 0 bridgehead atoms. The first-order valence-corrected chi connectivity index (χ1v) is 6.07. The molecule has 0 atom stereocenters. The maximum Gasteiger partial charge on any atom is 0.284 e. The highest BCUT2D eigenvalue weighted by Gasteiger charge is 2.16. The van der Waals surface area contributed by atoms with E-state index in [1.807, 2.05) is 0 Å². The monoisotopic (exact) mass is 378 g/mol. The predicted octanol–water partition coefficient (Wildman–Crippen LogP) is 1.20. The summed E-state index contributed by atoms with van der Waals surface area (Å²) >= 11 is 0. The number of guanidine groups is 1. The minimum absolute atomic E-state index is 0. The molecule has 1 amide bonds. The second-order valence-electron chi connectivity index (χ2n) is 4.51. The van der Waals surface area contributed by atoms with Gasteiger partial charge in [-0.2, -0.15) is 0 Å². The lowest BCUT2D eigenvalue weighted by Gasteiger charge is -2.25. The lowest BCUT2D eigenvalue weighted by Crippen LogP contribution is -2.37. The van der Waals surface area contributed by atoms with Crippen molar-refractivity contribution in [3.05, 3.63) is 23.7 Å². The van der Waals surface area contributed by atoms with Gasteiger partial charge in [0.1, 0.15) is 12.3 Å². The second-order valence-corrected chi connectivity index (χ2v) is 4.51. The smallest absolute Gasteiger partial charge is 0.284 e. The zero-order chi connectivity index (χ0) is 13.0. The van der Waals surface area contributed by atoms with Crippen LogP contribution in [0.25, 0.3) is 0 Å². The van der Waals surface area contributed by atoms with Crippen LogP contribution < -0.4 is 16.8 Å². The van der Waals surface area contributed by atoms with Crippen molar-refractivity contribution in [3.8, 4) is 0 Å². The van der Waals surface area contributed by atoms with Gasteiger partial charge in [0.15, 0.2) is 11.7 Å². The normalized spacial score (nSPS) is 15.5. The molecule has 1 aromatic rings. The topological polar surface area (TPSA) is 107 Å². The molecule has 7 heteroatoms. The van der Waals surface area contributed by atoms with E-state index in [4.69, 9.17) is 15.9 Å². The molecular weight excluding hydrogens is 359 g/mol. The number of amides is 1. The maximum absolute atomic E-state index is 10.8. The lowest BCUT2D eigenvalue weighted by atomic mass is 9.85. The van der Waals surface area contributed by atoms with Crippen molar-refractivity contribution in [1.29, 1.82) is 0 Å². The van der Waals surface area contributed by atoms with Crippen LogP contribution in [-0.4, -0.2) is 18.4 Å². The van der Waals surface area contributed by atoms with Gasteiger partial charge in [-0.3, -0.25) is 4.79 Å². The molecule has 1 aliphatic carbocycles. The zero-order valence-electron chi connectivity index (χ0n) is 10.6. The fraction of sp³-hybridized carbons (Fsp3) is 0.500. The van der Waals surface area contributed by atoms with Crippen molar-refractivity contribution < 1.29 is 9.21 Å². The molecule has 1 saturated carbocycles. The Labute approximate surface area is 129 Å². The molecule has 19 heavy (non-hydrogen) atoms. The average Bonchev–Trinajstić information content (AvgIpc) is 2.73. The predicted molar refractivity (Wildman–Crippen MR) is 83.3 cm³/mol. The number of hydrogen-bond acceptors (Lipinski definition) is 3. The number of nitrogens with one attached hydrogen (secondary N) is 1. The van der Waals surface area contributed by atoms with E-state index in [1.54, 1.807) is 6.07 Å². The molecule has 2 rings (SSSR count). The van der Waals surface area contributed by atoms with Gasteiger partial charge in [0, 0.05) is 6.54 Å². The number of rotatable bonds is 5. The van der Waals surface area contributed by atoms with E-state index in [1.165, 1.54) is 25.3 Å². The van der Waals surface area contributed by atoms with Crippen LogP contribution in [0.15, 0.2) is 21.5 Å². The van der Waals surface area contributed by atoms with Gasteiger partial charge in [-0.15, -0.1) is 24.0 Å². The fourth-order valence-electron chi connectivity index (χ4n) is 1.76. The van der Waals surface area contributed by atoms with Crippen molar-refractivity contribution in [2.24, 2.45) is 22.4 Å². The van der Waals surface area contributed by atoms with Crippen LogP contribution in [0, 0.1) is 5.92 Å². The van der Waals surface area contributed by atoms with Crippen molar-refractivity contribution in [2.75, 3.05) is 6.54 Å². The van der Waals surface area contributed by atoms with E-state index in [0.717, 1.165) is 12.5 Å². The van der Waals surface area contributed by atoms with E-state index in [-0.39, 0.29) is 29.7 Å². The first kappa shape index (κ1) is 15.8.